The smallest absolute Gasteiger partial charge is 0.407 e. The van der Waals surface area contributed by atoms with Crippen LogP contribution in [-0.2, 0) is 38.1 Å². The molecule has 0 radical (unpaired) electrons. The van der Waals surface area contributed by atoms with Crippen molar-refractivity contribution in [1.82, 2.24) is 20.4 Å². The van der Waals surface area contributed by atoms with Crippen molar-refractivity contribution in [3.63, 3.8) is 0 Å². The summed E-state index contributed by atoms with van der Waals surface area (Å²) in [7, 11) is 2.40. The molecule has 0 aliphatic carbocycles. The molecule has 3 heterocycles. The van der Waals surface area contributed by atoms with Crippen molar-refractivity contribution in [1.29, 1.82) is 0 Å². The van der Waals surface area contributed by atoms with E-state index in [0.29, 0.717) is 49.7 Å². The number of benzene rings is 2. The molecular weight excluding hydrogens is 728 g/mol. The van der Waals surface area contributed by atoms with E-state index < -0.39 is 78.5 Å². The number of carbonyl (C=O) groups is 8. The topological polar surface area (TPSA) is 204 Å². The van der Waals surface area contributed by atoms with Crippen molar-refractivity contribution in [2.24, 2.45) is 5.92 Å². The van der Waals surface area contributed by atoms with Crippen molar-refractivity contribution in [2.45, 2.75) is 89.0 Å². The molecule has 0 bridgehead atoms. The largest absolute Gasteiger partial charge is 0.456 e. The molecule has 2 aromatic carbocycles. The van der Waals surface area contributed by atoms with Crippen LogP contribution < -0.4 is 10.6 Å². The summed E-state index contributed by atoms with van der Waals surface area (Å²) in [6.45, 7) is 4.37. The van der Waals surface area contributed by atoms with Crippen molar-refractivity contribution in [3.8, 4) is 11.1 Å². The third kappa shape index (κ3) is 9.01. The minimum atomic E-state index is -1.32. The van der Waals surface area contributed by atoms with E-state index in [1.165, 1.54) is 24.0 Å². The highest BCUT2D eigenvalue weighted by molar-refractivity contribution is 6.00. The first-order chi connectivity index (χ1) is 26.7. The van der Waals surface area contributed by atoms with Gasteiger partial charge >= 0.3 is 24.1 Å². The van der Waals surface area contributed by atoms with E-state index >= 15 is 0 Å². The maximum atomic E-state index is 13.4. The van der Waals surface area contributed by atoms with E-state index in [0.717, 1.165) is 11.1 Å². The Morgan fingerprint density at radius 2 is 1.34 bits per heavy atom. The number of nitrogens with one attached hydrogen (secondary N) is 2. The van der Waals surface area contributed by atoms with E-state index in [2.05, 4.69) is 20.1 Å². The van der Waals surface area contributed by atoms with Gasteiger partial charge in [-0.25, -0.2) is 19.2 Å². The van der Waals surface area contributed by atoms with E-state index in [1.807, 2.05) is 0 Å². The predicted octanol–water partition coefficient (Wildman–Crippen LogP) is 3.45. The Morgan fingerprint density at radius 1 is 0.786 bits per heavy atom. The molecule has 0 saturated carbocycles. The van der Waals surface area contributed by atoms with E-state index in [9.17, 15) is 38.4 Å². The summed E-state index contributed by atoms with van der Waals surface area (Å²) in [6.07, 6.45) is 1.46. The Hall–Kier alpha value is -5.80. The summed E-state index contributed by atoms with van der Waals surface area (Å²) >= 11 is 0. The summed E-state index contributed by atoms with van der Waals surface area (Å²) in [4.78, 5) is 105. The SMILES string of the molecule is COC(=O)N[C@H]1CC[C@H]2CC[C@@H](C(=O)OCC(=O)c3ccc(-c4ccc(C(=O)COC(=O)[C@]5(C)CCCN5C(=O)[C@@H](NC(=O)OC)C(C)C)cc4)cc3)N2C1=O. The lowest BCUT2D eigenvalue weighted by Crippen LogP contribution is -2.58. The van der Waals surface area contributed by atoms with Crippen LogP contribution in [0.1, 0.15) is 80.0 Å². The van der Waals surface area contributed by atoms with Crippen LogP contribution in [0.3, 0.4) is 0 Å². The van der Waals surface area contributed by atoms with Crippen LogP contribution >= 0.6 is 0 Å². The number of esters is 2. The second kappa shape index (κ2) is 17.8. The van der Waals surface area contributed by atoms with Gasteiger partial charge in [-0.05, 0) is 62.5 Å². The zero-order valence-corrected chi connectivity index (χ0v) is 32.2. The Labute approximate surface area is 324 Å². The first kappa shape index (κ1) is 41.4. The number of likely N-dealkylation sites (tertiary alicyclic amines) is 1. The molecule has 5 rings (SSSR count). The van der Waals surface area contributed by atoms with Crippen molar-refractivity contribution in [3.05, 3.63) is 59.7 Å². The highest BCUT2D eigenvalue weighted by Crippen LogP contribution is 2.34. The van der Waals surface area contributed by atoms with Gasteiger partial charge in [0, 0.05) is 23.7 Å². The fourth-order valence-corrected chi connectivity index (χ4v) is 7.51. The molecule has 56 heavy (non-hydrogen) atoms. The third-order valence-electron chi connectivity index (χ3n) is 10.8. The van der Waals surface area contributed by atoms with Gasteiger partial charge in [0.25, 0.3) is 0 Å². The molecule has 3 aliphatic rings. The fraction of sp³-hybridized carbons (Fsp3) is 0.500. The van der Waals surface area contributed by atoms with Crippen molar-refractivity contribution in [2.75, 3.05) is 34.0 Å². The normalized spacial score (nSPS) is 22.1. The molecule has 0 spiro atoms. The average molecular weight is 777 g/mol. The molecular formula is C40H48N4O12. The lowest BCUT2D eigenvalue weighted by Gasteiger charge is -2.37. The van der Waals surface area contributed by atoms with E-state index in [4.69, 9.17) is 9.47 Å². The van der Waals surface area contributed by atoms with Gasteiger partial charge in [-0.15, -0.1) is 0 Å². The third-order valence-corrected chi connectivity index (χ3v) is 10.8. The minimum absolute atomic E-state index is 0.137. The highest BCUT2D eigenvalue weighted by atomic mass is 16.6. The lowest BCUT2D eigenvalue weighted by atomic mass is 9.96. The molecule has 4 amide bonds. The summed E-state index contributed by atoms with van der Waals surface area (Å²) in [5.74, 6) is -3.36. The van der Waals surface area contributed by atoms with Crippen LogP contribution in [0.15, 0.2) is 48.5 Å². The second-order valence-corrected chi connectivity index (χ2v) is 14.7. The summed E-state index contributed by atoms with van der Waals surface area (Å²) < 4.78 is 20.0. The molecule has 3 fully saturated rings. The van der Waals surface area contributed by atoms with Gasteiger partial charge < -0.3 is 39.4 Å². The minimum Gasteiger partial charge on any atom is -0.456 e. The number of alkyl carbamates (subject to hydrolysis) is 2. The van der Waals surface area contributed by atoms with Gasteiger partial charge in [-0.2, -0.15) is 0 Å². The van der Waals surface area contributed by atoms with Crippen LogP contribution in [0.5, 0.6) is 0 Å². The number of hydrogen-bond donors (Lipinski definition) is 2. The van der Waals surface area contributed by atoms with Crippen molar-refractivity contribution < 1.29 is 57.3 Å². The number of piperidine rings is 1. The summed E-state index contributed by atoms with van der Waals surface area (Å²) in [6, 6.07) is 10.6. The number of Topliss-reactive ketones (excluding diaryl/α,β-unsaturated/α-hetero) is 2. The molecule has 3 aliphatic heterocycles. The number of hydrogen-bond acceptors (Lipinski definition) is 12. The molecule has 300 valence electrons. The number of ether oxygens (including phenoxy) is 4. The van der Waals surface area contributed by atoms with E-state index in [-0.39, 0.29) is 24.4 Å². The number of carbonyl (C=O) groups excluding carboxylic acids is 8. The van der Waals surface area contributed by atoms with Crippen LogP contribution in [0.25, 0.3) is 11.1 Å². The summed E-state index contributed by atoms with van der Waals surface area (Å²) in [5, 5.41) is 5.04. The zero-order chi connectivity index (χ0) is 40.7. The number of amides is 4. The molecule has 3 saturated heterocycles. The first-order valence-electron chi connectivity index (χ1n) is 18.6. The maximum absolute atomic E-state index is 13.4. The number of methoxy groups -OCH3 is 2. The molecule has 0 aromatic heterocycles. The summed E-state index contributed by atoms with van der Waals surface area (Å²) in [5.41, 5.74) is 0.798. The number of ketones is 2. The monoisotopic (exact) mass is 776 g/mol. The number of fused-ring (bicyclic) bond motifs is 1. The molecule has 16 nitrogen and oxygen atoms in total. The van der Waals surface area contributed by atoms with Crippen LogP contribution in [-0.4, -0.2) is 121 Å². The van der Waals surface area contributed by atoms with Gasteiger partial charge in [0.1, 0.15) is 23.7 Å². The fourth-order valence-electron chi connectivity index (χ4n) is 7.51. The second-order valence-electron chi connectivity index (χ2n) is 14.7. The van der Waals surface area contributed by atoms with Gasteiger partial charge in [0.15, 0.2) is 24.8 Å². The van der Waals surface area contributed by atoms with Crippen LogP contribution in [0.4, 0.5) is 9.59 Å². The number of rotatable bonds is 13. The predicted molar refractivity (Wildman–Crippen MR) is 198 cm³/mol. The Morgan fingerprint density at radius 3 is 1.89 bits per heavy atom. The highest BCUT2D eigenvalue weighted by Gasteiger charge is 2.50. The standard InChI is InChI=1S/C40H48N4O12/c1-23(2)33(42-39(52)54-5)35(48)43-20-6-19-40(43,3)37(50)56-22-32(46)27-13-9-25(10-14-27)24-7-11-26(12-8-24)31(45)21-55-36(49)30-18-16-28-15-17-29(34(47)44(28)30)41-38(51)53-4/h7-14,23,28-30,33H,6,15-22H2,1-5H3,(H,41,51)(H,42,52)/t28-,29-,30-,33-,40-/m0/s1. The molecule has 5 atom stereocenters. The molecule has 0 unspecified atom stereocenters. The average Bonchev–Trinajstić information content (AvgIpc) is 3.83. The van der Waals surface area contributed by atoms with Crippen molar-refractivity contribution >= 4 is 47.5 Å². The first-order valence-corrected chi connectivity index (χ1v) is 18.6. The van der Waals surface area contributed by atoms with Gasteiger partial charge in [-0.3, -0.25) is 19.2 Å². The molecule has 16 heteroatoms. The van der Waals surface area contributed by atoms with Crippen LogP contribution in [0, 0.1) is 5.92 Å². The Kier molecular flexibility index (Phi) is 13.1. The van der Waals surface area contributed by atoms with Gasteiger partial charge in [-0.1, -0.05) is 62.4 Å². The zero-order valence-electron chi connectivity index (χ0n) is 32.2. The van der Waals surface area contributed by atoms with Gasteiger partial charge in [0.05, 0.1) is 14.2 Å². The van der Waals surface area contributed by atoms with Crippen LogP contribution in [0.2, 0.25) is 0 Å². The van der Waals surface area contributed by atoms with E-state index in [1.54, 1.807) is 69.3 Å². The van der Waals surface area contributed by atoms with Gasteiger partial charge in [0.2, 0.25) is 11.8 Å². The molecule has 2 N–H and O–H groups in total. The quantitative estimate of drug-likeness (QED) is 0.171. The molecule has 2 aromatic rings. The Bertz CT molecular complexity index is 1850. The Balaban J connectivity index is 1.12. The lowest BCUT2D eigenvalue weighted by molar-refractivity contribution is -0.160. The number of nitrogens with zero attached hydrogens (tertiary/aromatic N) is 2. The maximum Gasteiger partial charge on any atom is 0.407 e.